The van der Waals surface area contributed by atoms with Gasteiger partial charge < -0.3 is 5.32 Å². The first-order valence-electron chi connectivity index (χ1n) is 6.05. The van der Waals surface area contributed by atoms with Gasteiger partial charge in [0.25, 0.3) is 0 Å². The maximum Gasteiger partial charge on any atom is 0.523 e. The van der Waals surface area contributed by atoms with Gasteiger partial charge in [0.15, 0.2) is 0 Å². The number of hydrogen-bond acceptors (Lipinski definition) is 5. The minimum Gasteiger partial charge on any atom is -0.309 e. The first kappa shape index (κ1) is 18.3. The third-order valence-electron chi connectivity index (χ3n) is 2.66. The number of nitrogens with one attached hydrogen (secondary N) is 1. The van der Waals surface area contributed by atoms with Gasteiger partial charge in [-0.05, 0) is 12.5 Å². The summed E-state index contributed by atoms with van der Waals surface area (Å²) in [6.07, 6.45) is 0. The molecule has 21 heavy (non-hydrogen) atoms. The Morgan fingerprint density at radius 2 is 1.86 bits per heavy atom. The van der Waals surface area contributed by atoms with Crippen LogP contribution >= 0.6 is 12.6 Å². The Morgan fingerprint density at radius 1 is 1.29 bits per heavy atom. The summed E-state index contributed by atoms with van der Waals surface area (Å²) in [6.45, 7) is 1.43. The summed E-state index contributed by atoms with van der Waals surface area (Å²) in [4.78, 5) is 0. The van der Waals surface area contributed by atoms with Crippen molar-refractivity contribution in [3.63, 3.8) is 0 Å². The van der Waals surface area contributed by atoms with Crippen LogP contribution in [0.25, 0.3) is 0 Å². The molecule has 0 aliphatic rings. The predicted molar refractivity (Wildman–Crippen MR) is 76.6 cm³/mol. The van der Waals surface area contributed by atoms with Gasteiger partial charge in [0.1, 0.15) is 0 Å². The zero-order valence-corrected chi connectivity index (χ0v) is 12.9. The molecule has 0 radical (unpaired) electrons. The van der Waals surface area contributed by atoms with E-state index < -0.39 is 27.5 Å². The first-order chi connectivity index (χ1) is 9.63. The fourth-order valence-corrected chi connectivity index (χ4v) is 2.22. The van der Waals surface area contributed by atoms with Crippen molar-refractivity contribution in [1.82, 2.24) is 5.32 Å². The normalized spacial score (nSPS) is 15.7. The Hall–Kier alpha value is -0.770. The zero-order valence-electron chi connectivity index (χ0n) is 11.2. The van der Waals surface area contributed by atoms with Gasteiger partial charge in [0.05, 0.1) is 6.61 Å². The maximum absolute atomic E-state index is 12.1. The Balaban J connectivity index is 2.40. The van der Waals surface area contributed by atoms with Crippen molar-refractivity contribution >= 4 is 22.7 Å². The minimum atomic E-state index is -5.56. The van der Waals surface area contributed by atoms with Crippen LogP contribution in [0.5, 0.6) is 0 Å². The van der Waals surface area contributed by atoms with Crippen molar-refractivity contribution < 1.29 is 25.8 Å². The molecule has 0 spiro atoms. The Labute approximate surface area is 127 Å². The number of hydrogen-bond donors (Lipinski definition) is 2. The number of halogens is 3. The highest BCUT2D eigenvalue weighted by molar-refractivity contribution is 7.87. The minimum absolute atomic E-state index is 0.0416. The predicted octanol–water partition coefficient (Wildman–Crippen LogP) is 2.50. The van der Waals surface area contributed by atoms with Gasteiger partial charge in [-0.1, -0.05) is 30.3 Å². The summed E-state index contributed by atoms with van der Waals surface area (Å²) in [6, 6.07) is 9.36. The molecule has 0 fully saturated rings. The van der Waals surface area contributed by atoms with Crippen LogP contribution in [0.3, 0.4) is 0 Å². The second kappa shape index (κ2) is 7.48. The van der Waals surface area contributed by atoms with Crippen molar-refractivity contribution in [2.75, 3.05) is 13.2 Å². The lowest BCUT2D eigenvalue weighted by Gasteiger charge is -2.18. The van der Waals surface area contributed by atoms with Gasteiger partial charge in [-0.3, -0.25) is 4.18 Å². The van der Waals surface area contributed by atoms with Crippen molar-refractivity contribution in [3.8, 4) is 0 Å². The SMILES string of the molecule is C[C@H](NC[C@H](S)COS(=O)(=O)C(F)(F)F)c1ccccc1. The summed E-state index contributed by atoms with van der Waals surface area (Å²) in [7, 11) is -5.56. The summed E-state index contributed by atoms with van der Waals surface area (Å²) in [5.41, 5.74) is -4.41. The lowest BCUT2D eigenvalue weighted by molar-refractivity contribution is -0.0541. The third kappa shape index (κ3) is 5.85. The number of benzene rings is 1. The van der Waals surface area contributed by atoms with E-state index in [1.807, 2.05) is 37.3 Å². The van der Waals surface area contributed by atoms with Gasteiger partial charge in [0.2, 0.25) is 0 Å². The van der Waals surface area contributed by atoms with E-state index in [-0.39, 0.29) is 12.6 Å². The van der Waals surface area contributed by atoms with Crippen LogP contribution in [-0.2, 0) is 14.3 Å². The van der Waals surface area contributed by atoms with Gasteiger partial charge >= 0.3 is 15.6 Å². The molecule has 0 aliphatic carbocycles. The molecule has 0 bridgehead atoms. The summed E-state index contributed by atoms with van der Waals surface area (Å²) in [5, 5.41) is 2.35. The monoisotopic (exact) mass is 343 g/mol. The zero-order chi connectivity index (χ0) is 16.1. The third-order valence-corrected chi connectivity index (χ3v) is 4.00. The van der Waals surface area contributed by atoms with E-state index in [4.69, 9.17) is 0 Å². The quantitative estimate of drug-likeness (QED) is 0.454. The molecule has 4 nitrogen and oxygen atoms in total. The molecular formula is C12H16F3NO3S2. The molecule has 1 aromatic carbocycles. The summed E-state index contributed by atoms with van der Waals surface area (Å²) < 4.78 is 61.6. The van der Waals surface area contributed by atoms with Crippen molar-refractivity contribution in [1.29, 1.82) is 0 Å². The van der Waals surface area contributed by atoms with Crippen LogP contribution in [0, 0.1) is 0 Å². The Kier molecular flexibility index (Phi) is 6.51. The molecule has 0 amide bonds. The van der Waals surface area contributed by atoms with Gasteiger partial charge in [-0.15, -0.1) is 0 Å². The first-order valence-corrected chi connectivity index (χ1v) is 7.98. The molecule has 120 valence electrons. The van der Waals surface area contributed by atoms with E-state index in [0.29, 0.717) is 0 Å². The molecule has 0 heterocycles. The van der Waals surface area contributed by atoms with E-state index in [1.165, 1.54) is 0 Å². The molecule has 2 atom stereocenters. The number of thiol groups is 1. The van der Waals surface area contributed by atoms with Crippen LogP contribution in [0.1, 0.15) is 18.5 Å². The molecule has 9 heteroatoms. The smallest absolute Gasteiger partial charge is 0.309 e. The highest BCUT2D eigenvalue weighted by Crippen LogP contribution is 2.24. The summed E-state index contributed by atoms with van der Waals surface area (Å²) in [5.74, 6) is 0. The Morgan fingerprint density at radius 3 is 2.38 bits per heavy atom. The van der Waals surface area contributed by atoms with E-state index in [1.54, 1.807) is 0 Å². The largest absolute Gasteiger partial charge is 0.523 e. The second-order valence-corrected chi connectivity index (χ2v) is 6.72. The van der Waals surface area contributed by atoms with E-state index >= 15 is 0 Å². The molecule has 0 saturated carbocycles. The van der Waals surface area contributed by atoms with Crippen molar-refractivity contribution in [3.05, 3.63) is 35.9 Å². The molecule has 0 aliphatic heterocycles. The standard InChI is InChI=1S/C12H16F3NO3S2/c1-9(10-5-3-2-4-6-10)16-7-11(20)8-19-21(17,18)12(13,14)15/h2-6,9,11,16,20H,7-8H2,1H3/t9-,11-/m0/s1. The fourth-order valence-electron chi connectivity index (χ4n) is 1.47. The van der Waals surface area contributed by atoms with Crippen molar-refractivity contribution in [2.45, 2.75) is 23.7 Å². The van der Waals surface area contributed by atoms with E-state index in [2.05, 4.69) is 22.1 Å². The van der Waals surface area contributed by atoms with Gasteiger partial charge in [-0.25, -0.2) is 0 Å². The average Bonchev–Trinajstić information content (AvgIpc) is 2.42. The van der Waals surface area contributed by atoms with Gasteiger partial charge in [0, 0.05) is 17.8 Å². The summed E-state index contributed by atoms with van der Waals surface area (Å²) >= 11 is 4.01. The highest BCUT2D eigenvalue weighted by atomic mass is 32.2. The Bertz CT molecular complexity index is 534. The molecule has 0 aromatic heterocycles. The molecular weight excluding hydrogens is 327 g/mol. The van der Waals surface area contributed by atoms with E-state index in [9.17, 15) is 21.6 Å². The van der Waals surface area contributed by atoms with Crippen LogP contribution < -0.4 is 5.32 Å². The molecule has 1 aromatic rings. The lowest BCUT2D eigenvalue weighted by atomic mass is 10.1. The maximum atomic E-state index is 12.1. The number of rotatable bonds is 7. The highest BCUT2D eigenvalue weighted by Gasteiger charge is 2.47. The van der Waals surface area contributed by atoms with Gasteiger partial charge in [-0.2, -0.15) is 34.2 Å². The van der Waals surface area contributed by atoms with Crippen molar-refractivity contribution in [2.24, 2.45) is 0 Å². The second-order valence-electron chi connectivity index (χ2n) is 4.38. The number of alkyl halides is 3. The average molecular weight is 343 g/mol. The molecule has 1 N–H and O–H groups in total. The van der Waals surface area contributed by atoms with Crippen LogP contribution in [0.15, 0.2) is 30.3 Å². The molecule has 0 saturated heterocycles. The van der Waals surface area contributed by atoms with Crippen LogP contribution in [0.2, 0.25) is 0 Å². The fraction of sp³-hybridized carbons (Fsp3) is 0.500. The molecule has 0 unspecified atom stereocenters. The van der Waals surface area contributed by atoms with Crippen LogP contribution in [-0.4, -0.2) is 32.3 Å². The topological polar surface area (TPSA) is 55.4 Å². The van der Waals surface area contributed by atoms with E-state index in [0.717, 1.165) is 5.56 Å². The van der Waals surface area contributed by atoms with Crippen LogP contribution in [0.4, 0.5) is 13.2 Å². The lowest BCUT2D eigenvalue weighted by Crippen LogP contribution is -2.32. The molecule has 1 rings (SSSR count).